The predicted molar refractivity (Wildman–Crippen MR) is 46.5 cm³/mol. The molecule has 0 aliphatic carbocycles. The van der Waals surface area contributed by atoms with Crippen LogP contribution in [0.15, 0.2) is 12.7 Å². The SMILES string of the molecule is C=CCN(C)C(=O)C(C)(N)C(F)(F)F. The van der Waals surface area contributed by atoms with Gasteiger partial charge in [-0.2, -0.15) is 13.2 Å². The fourth-order valence-corrected chi connectivity index (χ4v) is 0.794. The first-order chi connectivity index (χ1) is 6.14. The number of carbonyl (C=O) groups excluding carboxylic acids is 1. The Morgan fingerprint density at radius 1 is 1.57 bits per heavy atom. The number of nitrogens with two attached hydrogens (primary N) is 1. The number of hydrogen-bond acceptors (Lipinski definition) is 2. The van der Waals surface area contributed by atoms with Crippen molar-refractivity contribution < 1.29 is 18.0 Å². The number of amides is 1. The zero-order chi connectivity index (χ0) is 11.6. The number of alkyl halides is 3. The molecule has 0 aromatic rings. The van der Waals surface area contributed by atoms with Gasteiger partial charge < -0.3 is 10.6 Å². The molecule has 0 radical (unpaired) electrons. The normalized spacial score (nSPS) is 15.9. The molecule has 0 aromatic heterocycles. The molecule has 0 saturated heterocycles. The van der Waals surface area contributed by atoms with Crippen molar-refractivity contribution in [1.82, 2.24) is 4.90 Å². The molecular formula is C8H13F3N2O. The van der Waals surface area contributed by atoms with E-state index in [9.17, 15) is 18.0 Å². The zero-order valence-electron chi connectivity index (χ0n) is 8.06. The third-order valence-corrected chi connectivity index (χ3v) is 1.78. The highest BCUT2D eigenvalue weighted by molar-refractivity contribution is 5.86. The van der Waals surface area contributed by atoms with Gasteiger partial charge in [0.15, 0.2) is 5.54 Å². The van der Waals surface area contributed by atoms with E-state index in [1.807, 2.05) is 0 Å². The van der Waals surface area contributed by atoms with Crippen LogP contribution in [0.1, 0.15) is 6.92 Å². The molecule has 14 heavy (non-hydrogen) atoms. The van der Waals surface area contributed by atoms with E-state index in [-0.39, 0.29) is 6.54 Å². The standard InChI is InChI=1S/C8H13F3N2O/c1-4-5-13(3)6(14)7(2,12)8(9,10)11/h4H,1,5,12H2,2-3H3. The molecular weight excluding hydrogens is 197 g/mol. The molecule has 0 rings (SSSR count). The smallest absolute Gasteiger partial charge is 0.340 e. The molecule has 0 saturated carbocycles. The van der Waals surface area contributed by atoms with Crippen LogP contribution in [-0.4, -0.2) is 36.1 Å². The van der Waals surface area contributed by atoms with E-state index >= 15 is 0 Å². The van der Waals surface area contributed by atoms with Crippen LogP contribution < -0.4 is 5.73 Å². The minimum absolute atomic E-state index is 0.0295. The molecule has 1 unspecified atom stereocenters. The number of carbonyl (C=O) groups is 1. The molecule has 1 amide bonds. The number of likely N-dealkylation sites (N-methyl/N-ethyl adjacent to an activating group) is 1. The second kappa shape index (κ2) is 4.00. The molecule has 0 heterocycles. The van der Waals surface area contributed by atoms with Gasteiger partial charge in [0, 0.05) is 13.6 Å². The van der Waals surface area contributed by atoms with Crippen molar-refractivity contribution in [2.75, 3.05) is 13.6 Å². The third kappa shape index (κ3) is 2.47. The fraction of sp³-hybridized carbons (Fsp3) is 0.625. The average molecular weight is 210 g/mol. The Morgan fingerprint density at radius 2 is 2.00 bits per heavy atom. The van der Waals surface area contributed by atoms with Gasteiger partial charge in [-0.15, -0.1) is 6.58 Å². The van der Waals surface area contributed by atoms with Crippen molar-refractivity contribution in [2.45, 2.75) is 18.6 Å². The van der Waals surface area contributed by atoms with E-state index in [0.29, 0.717) is 6.92 Å². The van der Waals surface area contributed by atoms with Gasteiger partial charge in [0.2, 0.25) is 0 Å². The third-order valence-electron chi connectivity index (χ3n) is 1.78. The van der Waals surface area contributed by atoms with E-state index in [0.717, 1.165) is 4.90 Å². The molecule has 3 nitrogen and oxygen atoms in total. The summed E-state index contributed by atoms with van der Waals surface area (Å²) in [5, 5.41) is 0. The maximum absolute atomic E-state index is 12.3. The quantitative estimate of drug-likeness (QED) is 0.704. The molecule has 0 bridgehead atoms. The lowest BCUT2D eigenvalue weighted by molar-refractivity contribution is -0.192. The lowest BCUT2D eigenvalue weighted by Gasteiger charge is -2.30. The van der Waals surface area contributed by atoms with Gasteiger partial charge in [0.25, 0.3) is 5.91 Å². The summed E-state index contributed by atoms with van der Waals surface area (Å²) in [6, 6.07) is 0. The van der Waals surface area contributed by atoms with Crippen molar-refractivity contribution >= 4 is 5.91 Å². The van der Waals surface area contributed by atoms with Gasteiger partial charge in [-0.25, -0.2) is 0 Å². The Morgan fingerprint density at radius 3 is 2.29 bits per heavy atom. The van der Waals surface area contributed by atoms with Crippen LogP contribution in [0.25, 0.3) is 0 Å². The summed E-state index contributed by atoms with van der Waals surface area (Å²) in [6.45, 7) is 3.99. The highest BCUT2D eigenvalue weighted by Crippen LogP contribution is 2.29. The molecule has 1 atom stereocenters. The van der Waals surface area contributed by atoms with Crippen LogP contribution in [0.5, 0.6) is 0 Å². The average Bonchev–Trinajstić information content (AvgIpc) is 2.01. The number of hydrogen-bond donors (Lipinski definition) is 1. The first-order valence-electron chi connectivity index (χ1n) is 3.86. The summed E-state index contributed by atoms with van der Waals surface area (Å²) in [7, 11) is 1.24. The van der Waals surface area contributed by atoms with Crippen molar-refractivity contribution in [3.63, 3.8) is 0 Å². The number of rotatable bonds is 3. The topological polar surface area (TPSA) is 46.3 Å². The van der Waals surface area contributed by atoms with E-state index in [1.165, 1.54) is 13.1 Å². The van der Waals surface area contributed by atoms with E-state index in [1.54, 1.807) is 0 Å². The van der Waals surface area contributed by atoms with E-state index < -0.39 is 17.6 Å². The summed E-state index contributed by atoms with van der Waals surface area (Å²) in [4.78, 5) is 12.1. The second-order valence-corrected chi connectivity index (χ2v) is 3.17. The van der Waals surface area contributed by atoms with Gasteiger partial charge >= 0.3 is 6.18 Å². The molecule has 6 heteroatoms. The summed E-state index contributed by atoms with van der Waals surface area (Å²) in [6.07, 6.45) is -3.43. The summed E-state index contributed by atoms with van der Waals surface area (Å²) in [5.41, 5.74) is 2.08. The lowest BCUT2D eigenvalue weighted by atomic mass is 10.0. The Labute approximate surface area is 80.4 Å². The van der Waals surface area contributed by atoms with Gasteiger partial charge in [0.1, 0.15) is 0 Å². The minimum Gasteiger partial charge on any atom is -0.340 e. The number of halogens is 3. The molecule has 0 aromatic carbocycles. The summed E-state index contributed by atoms with van der Waals surface area (Å²) in [5.74, 6) is -1.18. The van der Waals surface area contributed by atoms with Gasteiger partial charge in [0.05, 0.1) is 0 Å². The molecule has 0 aliphatic rings. The Hall–Kier alpha value is -1.04. The Kier molecular flexibility index (Phi) is 3.70. The minimum atomic E-state index is -4.75. The highest BCUT2D eigenvalue weighted by Gasteiger charge is 2.54. The first kappa shape index (κ1) is 13.0. The van der Waals surface area contributed by atoms with Gasteiger partial charge in [-0.3, -0.25) is 4.79 Å². The van der Waals surface area contributed by atoms with Crippen molar-refractivity contribution in [1.29, 1.82) is 0 Å². The van der Waals surface area contributed by atoms with Crippen LogP contribution in [-0.2, 0) is 4.79 Å². The van der Waals surface area contributed by atoms with Crippen molar-refractivity contribution in [2.24, 2.45) is 5.73 Å². The highest BCUT2D eigenvalue weighted by atomic mass is 19.4. The predicted octanol–water partition coefficient (Wildman–Crippen LogP) is 0.910. The zero-order valence-corrected chi connectivity index (χ0v) is 8.06. The van der Waals surface area contributed by atoms with Crippen LogP contribution in [0, 0.1) is 0 Å². The van der Waals surface area contributed by atoms with Gasteiger partial charge in [-0.1, -0.05) is 6.08 Å². The van der Waals surface area contributed by atoms with E-state index in [2.05, 4.69) is 6.58 Å². The summed E-state index contributed by atoms with van der Waals surface area (Å²) < 4.78 is 36.9. The molecule has 2 N–H and O–H groups in total. The molecule has 0 spiro atoms. The fourth-order valence-electron chi connectivity index (χ4n) is 0.794. The van der Waals surface area contributed by atoms with Crippen molar-refractivity contribution in [3.05, 3.63) is 12.7 Å². The van der Waals surface area contributed by atoms with Crippen molar-refractivity contribution in [3.8, 4) is 0 Å². The second-order valence-electron chi connectivity index (χ2n) is 3.17. The Balaban J connectivity index is 4.75. The maximum atomic E-state index is 12.3. The molecule has 0 aliphatic heterocycles. The van der Waals surface area contributed by atoms with Crippen LogP contribution in [0.3, 0.4) is 0 Å². The van der Waals surface area contributed by atoms with Crippen LogP contribution in [0.4, 0.5) is 13.2 Å². The van der Waals surface area contributed by atoms with Gasteiger partial charge in [-0.05, 0) is 6.92 Å². The maximum Gasteiger partial charge on any atom is 0.415 e. The monoisotopic (exact) mass is 210 g/mol. The molecule has 0 fully saturated rings. The van der Waals surface area contributed by atoms with Crippen LogP contribution >= 0.6 is 0 Å². The number of nitrogens with zero attached hydrogens (tertiary/aromatic N) is 1. The van der Waals surface area contributed by atoms with E-state index in [4.69, 9.17) is 5.73 Å². The Bertz CT molecular complexity index is 235. The lowest BCUT2D eigenvalue weighted by Crippen LogP contribution is -2.61. The van der Waals surface area contributed by atoms with Crippen LogP contribution in [0.2, 0.25) is 0 Å². The summed E-state index contributed by atoms with van der Waals surface area (Å²) >= 11 is 0. The first-order valence-corrected chi connectivity index (χ1v) is 3.86. The largest absolute Gasteiger partial charge is 0.415 e. The molecule has 82 valence electrons.